The van der Waals surface area contributed by atoms with Gasteiger partial charge in [-0.3, -0.25) is 0 Å². The first-order valence-corrected chi connectivity index (χ1v) is 8.35. The van der Waals surface area contributed by atoms with Crippen LogP contribution in [0, 0.1) is 5.92 Å². The molecule has 1 rings (SSSR count). The summed E-state index contributed by atoms with van der Waals surface area (Å²) < 4.78 is 0. The van der Waals surface area contributed by atoms with E-state index in [0.29, 0.717) is 0 Å². The molecular weight excluding hydrogens is 200 g/mol. The SMILES string of the molecule is CC(C)=CCCC(C)CC1[Si]CC[Si]1. The van der Waals surface area contributed by atoms with E-state index in [1.54, 1.807) is 0 Å². The lowest BCUT2D eigenvalue weighted by atomic mass is 10.0. The zero-order chi connectivity index (χ0) is 10.4. The summed E-state index contributed by atoms with van der Waals surface area (Å²) in [5.41, 5.74) is 1.47. The Bertz CT molecular complexity index is 177. The molecule has 0 saturated carbocycles. The predicted octanol–water partition coefficient (Wildman–Crippen LogP) is 3.76. The monoisotopic (exact) mass is 222 g/mol. The van der Waals surface area contributed by atoms with E-state index in [0.717, 1.165) is 11.1 Å². The van der Waals surface area contributed by atoms with E-state index >= 15 is 0 Å². The summed E-state index contributed by atoms with van der Waals surface area (Å²) in [6, 6.07) is 3.06. The molecule has 0 amide bonds. The zero-order valence-electron chi connectivity index (χ0n) is 9.77. The van der Waals surface area contributed by atoms with Gasteiger partial charge in [-0.1, -0.05) is 42.2 Å². The van der Waals surface area contributed by atoms with Gasteiger partial charge in [0, 0.05) is 19.0 Å². The van der Waals surface area contributed by atoms with Crippen molar-refractivity contribution in [1.82, 2.24) is 0 Å². The third-order valence-corrected chi connectivity index (χ3v) is 7.02. The number of rotatable bonds is 5. The molecule has 1 aliphatic rings. The molecule has 1 atom stereocenters. The quantitative estimate of drug-likeness (QED) is 0.491. The van der Waals surface area contributed by atoms with Crippen LogP contribution >= 0.6 is 0 Å². The van der Waals surface area contributed by atoms with Crippen LogP contribution in [-0.4, -0.2) is 19.0 Å². The van der Waals surface area contributed by atoms with Gasteiger partial charge in [0.05, 0.1) is 0 Å². The molecule has 1 fully saturated rings. The molecule has 0 aromatic heterocycles. The van der Waals surface area contributed by atoms with E-state index in [4.69, 9.17) is 0 Å². The highest BCUT2D eigenvalue weighted by molar-refractivity contribution is 6.64. The molecule has 0 bridgehead atoms. The van der Waals surface area contributed by atoms with Gasteiger partial charge in [-0.15, -0.1) is 0 Å². The molecule has 1 saturated heterocycles. The van der Waals surface area contributed by atoms with Crippen LogP contribution in [0.15, 0.2) is 11.6 Å². The fourth-order valence-electron chi connectivity index (χ4n) is 1.91. The van der Waals surface area contributed by atoms with Gasteiger partial charge in [-0.05, 0) is 32.6 Å². The molecule has 0 spiro atoms. The number of allylic oxidation sites excluding steroid dienone is 2. The molecule has 1 unspecified atom stereocenters. The molecule has 0 N–H and O–H groups in total. The van der Waals surface area contributed by atoms with Crippen LogP contribution in [0.4, 0.5) is 0 Å². The van der Waals surface area contributed by atoms with Crippen molar-refractivity contribution < 1.29 is 0 Å². The van der Waals surface area contributed by atoms with Gasteiger partial charge in [0.15, 0.2) is 0 Å². The van der Waals surface area contributed by atoms with Crippen molar-refractivity contribution in [2.75, 3.05) is 0 Å². The van der Waals surface area contributed by atoms with E-state index < -0.39 is 0 Å². The van der Waals surface area contributed by atoms with Gasteiger partial charge >= 0.3 is 0 Å². The summed E-state index contributed by atoms with van der Waals surface area (Å²) in [5, 5.41) is 1.12. The molecule has 0 nitrogen and oxygen atoms in total. The number of hydrogen-bond acceptors (Lipinski definition) is 0. The Hall–Kier alpha value is 0.174. The third-order valence-electron chi connectivity index (χ3n) is 2.76. The second kappa shape index (κ2) is 6.62. The van der Waals surface area contributed by atoms with E-state index in [2.05, 4.69) is 26.8 Å². The Morgan fingerprint density at radius 1 is 1.36 bits per heavy atom. The van der Waals surface area contributed by atoms with Crippen LogP contribution in [0.1, 0.15) is 40.0 Å². The summed E-state index contributed by atoms with van der Waals surface area (Å²) in [5.74, 6) is 0.952. The summed E-state index contributed by atoms with van der Waals surface area (Å²) in [7, 11) is 2.58. The fourth-order valence-corrected chi connectivity index (χ4v) is 6.34. The van der Waals surface area contributed by atoms with Gasteiger partial charge in [-0.25, -0.2) is 0 Å². The molecule has 2 heteroatoms. The van der Waals surface area contributed by atoms with Gasteiger partial charge in [-0.2, -0.15) is 0 Å². The zero-order valence-corrected chi connectivity index (χ0v) is 11.8. The largest absolute Gasteiger partial charge is 0.0859 e. The van der Waals surface area contributed by atoms with Crippen LogP contribution in [0.5, 0.6) is 0 Å². The smallest absolute Gasteiger partial charge is 0.0375 e. The summed E-state index contributed by atoms with van der Waals surface area (Å²) in [6.45, 7) is 6.83. The molecule has 78 valence electrons. The summed E-state index contributed by atoms with van der Waals surface area (Å²) >= 11 is 0. The van der Waals surface area contributed by atoms with Gasteiger partial charge in [0.2, 0.25) is 0 Å². The molecule has 4 radical (unpaired) electrons. The minimum absolute atomic E-state index is 0.952. The topological polar surface area (TPSA) is 0 Å². The molecule has 0 aliphatic carbocycles. The van der Waals surface area contributed by atoms with Gasteiger partial charge < -0.3 is 0 Å². The predicted molar refractivity (Wildman–Crippen MR) is 67.3 cm³/mol. The van der Waals surface area contributed by atoms with Crippen LogP contribution in [0.25, 0.3) is 0 Å². The highest BCUT2D eigenvalue weighted by atomic mass is 28.3. The first kappa shape index (κ1) is 12.2. The molecule has 1 heterocycles. The first-order valence-electron chi connectivity index (χ1n) is 5.78. The average molecular weight is 222 g/mol. The van der Waals surface area contributed by atoms with Crippen LogP contribution in [0.2, 0.25) is 17.3 Å². The fraction of sp³-hybridized carbons (Fsp3) is 0.833. The summed E-state index contributed by atoms with van der Waals surface area (Å²) in [4.78, 5) is 0. The van der Waals surface area contributed by atoms with Crippen molar-refractivity contribution in [3.63, 3.8) is 0 Å². The lowest BCUT2D eigenvalue weighted by Crippen LogP contribution is -2.06. The minimum atomic E-state index is 0.952. The van der Waals surface area contributed by atoms with Crippen molar-refractivity contribution in [3.05, 3.63) is 11.6 Å². The maximum absolute atomic E-state index is 2.44. The molecular formula is C12H22Si2. The van der Waals surface area contributed by atoms with E-state index in [1.165, 1.54) is 56.0 Å². The van der Waals surface area contributed by atoms with Crippen molar-refractivity contribution in [2.45, 2.75) is 57.3 Å². The van der Waals surface area contributed by atoms with Crippen LogP contribution < -0.4 is 0 Å². The van der Waals surface area contributed by atoms with Crippen molar-refractivity contribution in [1.29, 1.82) is 0 Å². The molecule has 0 aromatic rings. The van der Waals surface area contributed by atoms with Gasteiger partial charge in [0.25, 0.3) is 0 Å². The van der Waals surface area contributed by atoms with Crippen molar-refractivity contribution in [3.8, 4) is 0 Å². The highest BCUT2D eigenvalue weighted by Crippen LogP contribution is 2.26. The number of hydrogen-bond donors (Lipinski definition) is 0. The van der Waals surface area contributed by atoms with E-state index in [1.807, 2.05) is 0 Å². The van der Waals surface area contributed by atoms with E-state index in [-0.39, 0.29) is 0 Å². The van der Waals surface area contributed by atoms with Crippen molar-refractivity contribution in [2.24, 2.45) is 5.92 Å². The maximum Gasteiger partial charge on any atom is 0.0375 e. The molecule has 1 aliphatic heterocycles. The van der Waals surface area contributed by atoms with Crippen molar-refractivity contribution >= 4 is 19.0 Å². The third kappa shape index (κ3) is 5.15. The van der Waals surface area contributed by atoms with Crippen LogP contribution in [-0.2, 0) is 0 Å². The maximum atomic E-state index is 2.44. The minimum Gasteiger partial charge on any atom is -0.0859 e. The van der Waals surface area contributed by atoms with Crippen LogP contribution in [0.3, 0.4) is 0 Å². The normalized spacial score (nSPS) is 19.6. The second-order valence-electron chi connectivity index (χ2n) is 4.66. The lowest BCUT2D eigenvalue weighted by Gasteiger charge is -2.14. The summed E-state index contributed by atoms with van der Waals surface area (Å²) in [6.07, 6.45) is 6.59. The average Bonchev–Trinajstić information content (AvgIpc) is 2.56. The Balaban J connectivity index is 2.09. The van der Waals surface area contributed by atoms with Gasteiger partial charge in [0.1, 0.15) is 0 Å². The highest BCUT2D eigenvalue weighted by Gasteiger charge is 2.18. The Labute approximate surface area is 94.2 Å². The Morgan fingerprint density at radius 2 is 2.00 bits per heavy atom. The first-order chi connectivity index (χ1) is 6.68. The molecule has 14 heavy (non-hydrogen) atoms. The Kier molecular flexibility index (Phi) is 5.79. The second-order valence-corrected chi connectivity index (χ2v) is 8.45. The van der Waals surface area contributed by atoms with E-state index in [9.17, 15) is 0 Å². The Morgan fingerprint density at radius 3 is 2.57 bits per heavy atom. The standard InChI is InChI=1S/C12H22Si2/c1-10(2)5-4-6-11(3)9-12-13-7-8-14-12/h5,11-12H,4,6-9H2,1-3H3. The lowest BCUT2D eigenvalue weighted by molar-refractivity contribution is 0.510. The molecule has 0 aromatic carbocycles.